The minimum absolute atomic E-state index is 0.341. The fraction of sp³-hybridized carbons (Fsp3) is 0.500. The molecule has 0 amide bonds. The highest BCUT2D eigenvalue weighted by molar-refractivity contribution is 9.25. The van der Waals surface area contributed by atoms with Crippen LogP contribution in [0.1, 0.15) is 13.8 Å². The summed E-state index contributed by atoms with van der Waals surface area (Å²) in [5, 5.41) is 0. The normalized spacial score (nSPS) is 12.0. The number of alkyl halides is 2. The highest BCUT2D eigenvalue weighted by atomic mass is 79.9. The molecule has 0 unspecified atom stereocenters. The van der Waals surface area contributed by atoms with Gasteiger partial charge in [-0.3, -0.25) is 4.79 Å². The van der Waals surface area contributed by atoms with Crippen LogP contribution in [0.3, 0.4) is 0 Å². The molecule has 0 aromatic rings. The molecule has 0 fully saturated rings. The number of carbonyl (C=O) groups excluding carboxylic acids is 1. The topological polar surface area (TPSA) is 26.3 Å². The van der Waals surface area contributed by atoms with E-state index in [1.807, 2.05) is 6.92 Å². The molecule has 10 heavy (non-hydrogen) atoms. The lowest BCUT2D eigenvalue weighted by atomic mass is 10.5. The van der Waals surface area contributed by atoms with Crippen LogP contribution in [0, 0.1) is 0 Å². The van der Waals surface area contributed by atoms with Crippen molar-refractivity contribution in [2.24, 2.45) is 0 Å². The Balaban J connectivity index is 3.99. The molecule has 58 valence electrons. The van der Waals surface area contributed by atoms with Gasteiger partial charge in [0.15, 0.2) is 0 Å². The number of allylic oxidation sites excluding steroid dienone is 1. The molecule has 0 aliphatic carbocycles. The van der Waals surface area contributed by atoms with E-state index in [0.29, 0.717) is 0 Å². The summed E-state index contributed by atoms with van der Waals surface area (Å²) >= 11 is 6.26. The van der Waals surface area contributed by atoms with E-state index < -0.39 is 3.42 Å². The number of halogens is 2. The second kappa shape index (κ2) is 4.13. The molecule has 0 heterocycles. The summed E-state index contributed by atoms with van der Waals surface area (Å²) in [5.74, 6) is -0.341. The zero-order valence-corrected chi connectivity index (χ0v) is 8.90. The van der Waals surface area contributed by atoms with Gasteiger partial charge in [0.05, 0.1) is 0 Å². The summed E-state index contributed by atoms with van der Waals surface area (Å²) in [4.78, 5) is 10.4. The highest BCUT2D eigenvalue weighted by Crippen LogP contribution is 2.29. The van der Waals surface area contributed by atoms with Crippen molar-refractivity contribution in [3.8, 4) is 0 Å². The van der Waals surface area contributed by atoms with Crippen LogP contribution in [-0.4, -0.2) is 9.39 Å². The molecule has 0 radical (unpaired) electrons. The molecule has 2 nitrogen and oxygen atoms in total. The zero-order valence-electron chi connectivity index (χ0n) is 5.73. The van der Waals surface area contributed by atoms with E-state index in [9.17, 15) is 4.79 Å². The van der Waals surface area contributed by atoms with Gasteiger partial charge >= 0.3 is 5.97 Å². The average Bonchev–Trinajstić information content (AvgIpc) is 1.59. The second-order valence-corrected chi connectivity index (χ2v) is 5.08. The van der Waals surface area contributed by atoms with Crippen molar-refractivity contribution in [3.05, 3.63) is 12.2 Å². The molecule has 0 rings (SSSR count). The predicted molar refractivity (Wildman–Crippen MR) is 47.2 cm³/mol. The smallest absolute Gasteiger partial charge is 0.304 e. The van der Waals surface area contributed by atoms with Crippen molar-refractivity contribution in [3.63, 3.8) is 0 Å². The first-order valence-electron chi connectivity index (χ1n) is 2.69. The standard InChI is InChI=1S/C6H8Br2O2/c1-3-4-6(7,8)10-5(2)9/h3-4H,1-2H3/b4-3+. The lowest BCUT2D eigenvalue weighted by Gasteiger charge is -2.14. The Morgan fingerprint density at radius 1 is 1.60 bits per heavy atom. The Bertz CT molecular complexity index is 152. The third-order valence-electron chi connectivity index (χ3n) is 0.641. The molecule has 0 N–H and O–H groups in total. The quantitative estimate of drug-likeness (QED) is 0.438. The van der Waals surface area contributed by atoms with Crippen LogP contribution >= 0.6 is 31.9 Å². The van der Waals surface area contributed by atoms with E-state index >= 15 is 0 Å². The molecule has 0 bridgehead atoms. The Labute approximate surface area is 76.9 Å². The zero-order chi connectivity index (χ0) is 8.20. The molecule has 0 aliphatic heterocycles. The van der Waals surface area contributed by atoms with Gasteiger partial charge in [0.25, 0.3) is 0 Å². The Morgan fingerprint density at radius 3 is 2.40 bits per heavy atom. The predicted octanol–water partition coefficient (Wildman–Crippen LogP) is 2.57. The van der Waals surface area contributed by atoms with Crippen LogP contribution in [0.25, 0.3) is 0 Å². The molecular weight excluding hydrogens is 264 g/mol. The van der Waals surface area contributed by atoms with Gasteiger partial charge in [0, 0.05) is 6.92 Å². The molecule has 0 aliphatic rings. The highest BCUT2D eigenvalue weighted by Gasteiger charge is 2.20. The summed E-state index contributed by atoms with van der Waals surface area (Å²) in [6, 6.07) is 0. The van der Waals surface area contributed by atoms with E-state index in [2.05, 4.69) is 31.9 Å². The number of ether oxygens (including phenoxy) is 1. The van der Waals surface area contributed by atoms with Gasteiger partial charge in [-0.2, -0.15) is 0 Å². The lowest BCUT2D eigenvalue weighted by Crippen LogP contribution is -2.16. The number of esters is 1. The van der Waals surface area contributed by atoms with E-state index in [0.717, 1.165) is 0 Å². The number of hydrogen-bond donors (Lipinski definition) is 0. The maximum atomic E-state index is 10.4. The molecule has 0 saturated carbocycles. The first-order valence-corrected chi connectivity index (χ1v) is 4.28. The van der Waals surface area contributed by atoms with Crippen LogP contribution in [0.5, 0.6) is 0 Å². The molecule has 0 saturated heterocycles. The molecule has 0 spiro atoms. The first kappa shape index (κ1) is 10.2. The van der Waals surface area contributed by atoms with Crippen molar-refractivity contribution >= 4 is 37.8 Å². The Morgan fingerprint density at radius 2 is 2.10 bits per heavy atom. The van der Waals surface area contributed by atoms with Crippen LogP contribution in [0.4, 0.5) is 0 Å². The fourth-order valence-corrected chi connectivity index (χ4v) is 1.40. The Hall–Kier alpha value is 0.170. The average molecular weight is 272 g/mol. The summed E-state index contributed by atoms with van der Waals surface area (Å²) in [6.07, 6.45) is 3.45. The number of rotatable bonds is 2. The van der Waals surface area contributed by atoms with Gasteiger partial charge in [-0.1, -0.05) is 6.08 Å². The summed E-state index contributed by atoms with van der Waals surface area (Å²) < 4.78 is 3.95. The number of carbonyl (C=O) groups is 1. The first-order chi connectivity index (χ1) is 4.48. The minimum Gasteiger partial charge on any atom is -0.434 e. The van der Waals surface area contributed by atoms with Crippen LogP contribution in [0.2, 0.25) is 0 Å². The minimum atomic E-state index is -0.833. The van der Waals surface area contributed by atoms with Gasteiger partial charge in [0.2, 0.25) is 3.42 Å². The molecular formula is C6H8Br2O2. The third kappa shape index (κ3) is 4.99. The van der Waals surface area contributed by atoms with Crippen LogP contribution in [0.15, 0.2) is 12.2 Å². The number of hydrogen-bond acceptors (Lipinski definition) is 2. The van der Waals surface area contributed by atoms with Gasteiger partial charge in [-0.15, -0.1) is 0 Å². The Kier molecular flexibility index (Phi) is 4.20. The van der Waals surface area contributed by atoms with Crippen molar-refractivity contribution < 1.29 is 9.53 Å². The maximum Gasteiger partial charge on any atom is 0.304 e. The summed E-state index contributed by atoms with van der Waals surface area (Å²) in [5.41, 5.74) is 0. The van der Waals surface area contributed by atoms with E-state index in [4.69, 9.17) is 4.74 Å². The largest absolute Gasteiger partial charge is 0.434 e. The SMILES string of the molecule is C/C=C/C(Br)(Br)OC(C)=O. The summed E-state index contributed by atoms with van der Waals surface area (Å²) in [6.45, 7) is 3.18. The molecule has 0 atom stereocenters. The van der Waals surface area contributed by atoms with Crippen LogP contribution < -0.4 is 0 Å². The van der Waals surface area contributed by atoms with E-state index in [-0.39, 0.29) is 5.97 Å². The van der Waals surface area contributed by atoms with Gasteiger partial charge < -0.3 is 4.74 Å². The van der Waals surface area contributed by atoms with Crippen molar-refractivity contribution in [2.75, 3.05) is 0 Å². The lowest BCUT2D eigenvalue weighted by molar-refractivity contribution is -0.141. The van der Waals surface area contributed by atoms with Gasteiger partial charge in [-0.05, 0) is 44.9 Å². The molecule has 4 heteroatoms. The van der Waals surface area contributed by atoms with Crippen molar-refractivity contribution in [1.82, 2.24) is 0 Å². The van der Waals surface area contributed by atoms with Crippen molar-refractivity contribution in [1.29, 1.82) is 0 Å². The van der Waals surface area contributed by atoms with Gasteiger partial charge in [-0.25, -0.2) is 0 Å². The monoisotopic (exact) mass is 270 g/mol. The fourth-order valence-electron chi connectivity index (χ4n) is 0.420. The third-order valence-corrected chi connectivity index (χ3v) is 1.49. The van der Waals surface area contributed by atoms with Crippen molar-refractivity contribution in [2.45, 2.75) is 17.3 Å². The van der Waals surface area contributed by atoms with E-state index in [1.54, 1.807) is 12.2 Å². The van der Waals surface area contributed by atoms with Gasteiger partial charge in [0.1, 0.15) is 0 Å². The molecule has 0 aromatic carbocycles. The molecule has 0 aromatic heterocycles. The maximum absolute atomic E-state index is 10.4. The van der Waals surface area contributed by atoms with E-state index in [1.165, 1.54) is 6.92 Å². The second-order valence-electron chi connectivity index (χ2n) is 1.66. The van der Waals surface area contributed by atoms with Crippen LogP contribution in [-0.2, 0) is 9.53 Å². The summed E-state index contributed by atoms with van der Waals surface area (Å²) in [7, 11) is 0.